The first-order chi connectivity index (χ1) is 9.63. The molecule has 0 atom stereocenters. The van der Waals surface area contributed by atoms with Crippen molar-refractivity contribution in [2.45, 2.75) is 6.61 Å². The van der Waals surface area contributed by atoms with Crippen LogP contribution >= 0.6 is 11.6 Å². The molecule has 0 aliphatic carbocycles. The number of hydrogen-bond donors (Lipinski definition) is 1. The minimum atomic E-state index is 0.396. The number of hydrogen-bond acceptors (Lipinski definition) is 3. The third kappa shape index (κ3) is 2.42. The van der Waals surface area contributed by atoms with Crippen LogP contribution in [0.15, 0.2) is 42.5 Å². The van der Waals surface area contributed by atoms with Crippen LogP contribution < -0.4 is 10.5 Å². The lowest BCUT2D eigenvalue weighted by atomic mass is 10.3. The fourth-order valence-electron chi connectivity index (χ4n) is 2.05. The number of anilines is 1. The number of nitrogen functional groups attached to an aromatic ring is 1. The van der Waals surface area contributed by atoms with Crippen molar-refractivity contribution >= 4 is 28.3 Å². The van der Waals surface area contributed by atoms with Gasteiger partial charge >= 0.3 is 0 Å². The molecule has 0 amide bonds. The van der Waals surface area contributed by atoms with Crippen LogP contribution in [0.1, 0.15) is 5.82 Å². The van der Waals surface area contributed by atoms with Gasteiger partial charge in [0, 0.05) is 17.8 Å². The third-order valence-electron chi connectivity index (χ3n) is 3.18. The van der Waals surface area contributed by atoms with Gasteiger partial charge in [-0.1, -0.05) is 11.6 Å². The summed E-state index contributed by atoms with van der Waals surface area (Å²) in [4.78, 5) is 4.54. The normalized spacial score (nSPS) is 10.9. The molecule has 102 valence electrons. The maximum atomic E-state index is 6.00. The van der Waals surface area contributed by atoms with Crippen molar-refractivity contribution < 1.29 is 4.74 Å². The highest BCUT2D eigenvalue weighted by Crippen LogP contribution is 2.21. The summed E-state index contributed by atoms with van der Waals surface area (Å²) < 4.78 is 7.70. The van der Waals surface area contributed by atoms with Gasteiger partial charge in [0.2, 0.25) is 0 Å². The number of fused-ring (bicyclic) bond motifs is 1. The van der Waals surface area contributed by atoms with Crippen molar-refractivity contribution in [2.75, 3.05) is 5.73 Å². The van der Waals surface area contributed by atoms with Crippen LogP contribution in [-0.4, -0.2) is 9.55 Å². The van der Waals surface area contributed by atoms with Crippen LogP contribution in [-0.2, 0) is 13.7 Å². The first-order valence-corrected chi connectivity index (χ1v) is 6.60. The van der Waals surface area contributed by atoms with Crippen molar-refractivity contribution in [1.82, 2.24) is 9.55 Å². The van der Waals surface area contributed by atoms with E-state index in [2.05, 4.69) is 4.98 Å². The van der Waals surface area contributed by atoms with Crippen molar-refractivity contribution in [3.8, 4) is 5.75 Å². The van der Waals surface area contributed by atoms with Crippen LogP contribution in [0.25, 0.3) is 11.0 Å². The van der Waals surface area contributed by atoms with E-state index in [-0.39, 0.29) is 0 Å². The molecule has 0 saturated carbocycles. The zero-order chi connectivity index (χ0) is 14.1. The molecule has 3 rings (SSSR count). The minimum Gasteiger partial charge on any atom is -0.486 e. The van der Waals surface area contributed by atoms with E-state index < -0.39 is 0 Å². The molecular formula is C15H14ClN3O. The molecule has 3 aromatic rings. The second-order valence-corrected chi connectivity index (χ2v) is 5.01. The highest BCUT2D eigenvalue weighted by atomic mass is 35.5. The molecule has 0 aliphatic rings. The molecule has 0 unspecified atom stereocenters. The summed E-state index contributed by atoms with van der Waals surface area (Å²) >= 11 is 6.00. The molecule has 2 aromatic carbocycles. The highest BCUT2D eigenvalue weighted by Gasteiger charge is 2.08. The fourth-order valence-corrected chi connectivity index (χ4v) is 2.22. The van der Waals surface area contributed by atoms with Crippen molar-refractivity contribution in [2.24, 2.45) is 7.05 Å². The lowest BCUT2D eigenvalue weighted by Crippen LogP contribution is -2.03. The summed E-state index contributed by atoms with van der Waals surface area (Å²) in [6.07, 6.45) is 0. The standard InChI is InChI=1S/C15H14ClN3O/c1-19-14-8-10(16)2-7-13(14)18-15(19)9-20-12-5-3-11(17)4-6-12/h2-8H,9,17H2,1H3. The van der Waals surface area contributed by atoms with Crippen LogP contribution in [0.3, 0.4) is 0 Å². The maximum Gasteiger partial charge on any atom is 0.147 e. The van der Waals surface area contributed by atoms with E-state index in [1.54, 1.807) is 0 Å². The monoisotopic (exact) mass is 287 g/mol. The first-order valence-electron chi connectivity index (χ1n) is 6.23. The zero-order valence-corrected chi connectivity index (χ0v) is 11.8. The maximum absolute atomic E-state index is 6.00. The van der Waals surface area contributed by atoms with E-state index in [1.165, 1.54) is 0 Å². The summed E-state index contributed by atoms with van der Waals surface area (Å²) in [6.45, 7) is 0.396. The second kappa shape index (κ2) is 5.06. The van der Waals surface area contributed by atoms with Crippen molar-refractivity contribution in [3.63, 3.8) is 0 Å². The predicted octanol–water partition coefficient (Wildman–Crippen LogP) is 3.39. The van der Waals surface area contributed by atoms with Crippen LogP contribution in [0.5, 0.6) is 5.75 Å². The smallest absolute Gasteiger partial charge is 0.147 e. The number of ether oxygens (including phenoxy) is 1. The van der Waals surface area contributed by atoms with Gasteiger partial charge < -0.3 is 15.0 Å². The molecular weight excluding hydrogens is 274 g/mol. The Labute approximate surface area is 121 Å². The van der Waals surface area contributed by atoms with Gasteiger partial charge in [-0.15, -0.1) is 0 Å². The lowest BCUT2D eigenvalue weighted by Gasteiger charge is -2.06. The summed E-state index contributed by atoms with van der Waals surface area (Å²) in [5, 5.41) is 0.700. The van der Waals surface area contributed by atoms with E-state index in [1.807, 2.05) is 54.1 Å². The Morgan fingerprint density at radius 3 is 2.70 bits per heavy atom. The Kier molecular flexibility index (Phi) is 3.24. The number of imidazole rings is 1. The van der Waals surface area contributed by atoms with E-state index in [0.29, 0.717) is 11.6 Å². The number of nitrogens with zero attached hydrogens (tertiary/aromatic N) is 2. The molecule has 4 nitrogen and oxygen atoms in total. The van der Waals surface area contributed by atoms with Crippen LogP contribution in [0.2, 0.25) is 5.02 Å². The van der Waals surface area contributed by atoms with Crippen molar-refractivity contribution in [3.05, 3.63) is 53.3 Å². The number of nitrogens with two attached hydrogens (primary N) is 1. The van der Waals surface area contributed by atoms with Gasteiger partial charge in [0.15, 0.2) is 0 Å². The van der Waals surface area contributed by atoms with Gasteiger partial charge in [0.1, 0.15) is 18.2 Å². The highest BCUT2D eigenvalue weighted by molar-refractivity contribution is 6.31. The Morgan fingerprint density at radius 2 is 1.95 bits per heavy atom. The topological polar surface area (TPSA) is 53.1 Å². The number of halogens is 1. The molecule has 2 N–H and O–H groups in total. The average molecular weight is 288 g/mol. The largest absolute Gasteiger partial charge is 0.486 e. The molecule has 0 saturated heterocycles. The molecule has 0 aliphatic heterocycles. The van der Waals surface area contributed by atoms with Crippen molar-refractivity contribution in [1.29, 1.82) is 0 Å². The summed E-state index contributed by atoms with van der Waals surface area (Å²) in [6, 6.07) is 12.9. The quantitative estimate of drug-likeness (QED) is 0.751. The first kappa shape index (κ1) is 12.8. The Balaban J connectivity index is 1.84. The number of benzene rings is 2. The minimum absolute atomic E-state index is 0.396. The lowest BCUT2D eigenvalue weighted by molar-refractivity contribution is 0.292. The number of rotatable bonds is 3. The van der Waals surface area contributed by atoms with Gasteiger partial charge in [-0.3, -0.25) is 0 Å². The zero-order valence-electron chi connectivity index (χ0n) is 11.0. The molecule has 1 aromatic heterocycles. The summed E-state index contributed by atoms with van der Waals surface area (Å²) in [5.41, 5.74) is 8.26. The SMILES string of the molecule is Cn1c(COc2ccc(N)cc2)nc2ccc(Cl)cc21. The molecule has 0 spiro atoms. The number of aromatic nitrogens is 2. The van der Waals surface area contributed by atoms with Gasteiger partial charge in [-0.05, 0) is 42.5 Å². The molecule has 0 fully saturated rings. The molecule has 0 radical (unpaired) electrons. The van der Waals surface area contributed by atoms with E-state index >= 15 is 0 Å². The average Bonchev–Trinajstić information content (AvgIpc) is 2.75. The van der Waals surface area contributed by atoms with Gasteiger partial charge in [0.05, 0.1) is 11.0 Å². The van der Waals surface area contributed by atoms with E-state index in [9.17, 15) is 0 Å². The fraction of sp³-hybridized carbons (Fsp3) is 0.133. The van der Waals surface area contributed by atoms with Gasteiger partial charge in [0.25, 0.3) is 0 Å². The summed E-state index contributed by atoms with van der Waals surface area (Å²) in [5.74, 6) is 1.61. The predicted molar refractivity (Wildman–Crippen MR) is 80.9 cm³/mol. The summed E-state index contributed by atoms with van der Waals surface area (Å²) in [7, 11) is 1.95. The van der Waals surface area contributed by atoms with Crippen LogP contribution in [0, 0.1) is 0 Å². The molecule has 0 bridgehead atoms. The Bertz CT molecular complexity index is 750. The van der Waals surface area contributed by atoms with Crippen LogP contribution in [0.4, 0.5) is 5.69 Å². The van der Waals surface area contributed by atoms with Gasteiger partial charge in [-0.2, -0.15) is 0 Å². The molecule has 5 heteroatoms. The Hall–Kier alpha value is -2.20. The van der Waals surface area contributed by atoms with E-state index in [0.717, 1.165) is 28.3 Å². The van der Waals surface area contributed by atoms with Gasteiger partial charge in [-0.25, -0.2) is 4.98 Å². The van der Waals surface area contributed by atoms with E-state index in [4.69, 9.17) is 22.1 Å². The Morgan fingerprint density at radius 1 is 1.20 bits per heavy atom. The molecule has 20 heavy (non-hydrogen) atoms. The second-order valence-electron chi connectivity index (χ2n) is 4.58. The number of aryl methyl sites for hydroxylation is 1. The molecule has 1 heterocycles. The third-order valence-corrected chi connectivity index (χ3v) is 3.42.